The fourth-order valence-electron chi connectivity index (χ4n) is 1.76. The van der Waals surface area contributed by atoms with Gasteiger partial charge in [0.05, 0.1) is 10.7 Å². The van der Waals surface area contributed by atoms with Crippen LogP contribution in [-0.4, -0.2) is 35.8 Å². The van der Waals surface area contributed by atoms with Crippen LogP contribution >= 0.6 is 11.6 Å². The lowest BCUT2D eigenvalue weighted by Crippen LogP contribution is -2.33. The molecule has 122 valence electrons. The highest BCUT2D eigenvalue weighted by Crippen LogP contribution is 2.24. The van der Waals surface area contributed by atoms with Crippen molar-refractivity contribution in [2.24, 2.45) is 5.73 Å². The molecule has 0 spiro atoms. The first-order valence-electron chi connectivity index (χ1n) is 7.34. The molecule has 1 unspecified atom stereocenters. The minimum Gasteiger partial charge on any atom is -0.339 e. The van der Waals surface area contributed by atoms with Crippen LogP contribution in [0.15, 0.2) is 18.2 Å². The summed E-state index contributed by atoms with van der Waals surface area (Å²) in [7, 11) is 1.74. The van der Waals surface area contributed by atoms with Crippen molar-refractivity contribution in [1.82, 2.24) is 4.90 Å². The number of nitrogens with two attached hydrogens (primary N) is 1. The zero-order valence-electron chi connectivity index (χ0n) is 13.5. The van der Waals surface area contributed by atoms with Gasteiger partial charge in [0.2, 0.25) is 5.91 Å². The summed E-state index contributed by atoms with van der Waals surface area (Å²) in [5.74, 6) is -0.279. The number of hydrogen-bond donors (Lipinski definition) is 2. The first-order valence-corrected chi connectivity index (χ1v) is 7.72. The maximum atomic E-state index is 12.3. The molecule has 0 saturated heterocycles. The van der Waals surface area contributed by atoms with E-state index in [1.165, 1.54) is 0 Å². The average molecular weight is 326 g/mol. The Bertz CT molecular complexity index is 544. The summed E-state index contributed by atoms with van der Waals surface area (Å²) in [6.45, 7) is 5.72. The van der Waals surface area contributed by atoms with Gasteiger partial charge in [-0.1, -0.05) is 11.6 Å². The van der Waals surface area contributed by atoms with Gasteiger partial charge in [0.25, 0.3) is 5.91 Å². The van der Waals surface area contributed by atoms with Gasteiger partial charge in [-0.3, -0.25) is 9.59 Å². The lowest BCUT2D eigenvalue weighted by atomic mass is 10.1. The Morgan fingerprint density at radius 1 is 1.32 bits per heavy atom. The second kappa shape index (κ2) is 8.15. The van der Waals surface area contributed by atoms with Gasteiger partial charge < -0.3 is 16.0 Å². The Kier molecular flexibility index (Phi) is 6.84. The topological polar surface area (TPSA) is 75.4 Å². The number of amides is 2. The number of carbonyl (C=O) groups excluding carboxylic acids is 2. The van der Waals surface area contributed by atoms with E-state index < -0.39 is 0 Å². The van der Waals surface area contributed by atoms with Crippen LogP contribution in [0.1, 0.15) is 44.0 Å². The SMILES string of the molecule is CC(N)CCC(=O)Nc1cc(C(=O)N(C)C(C)C)ccc1Cl. The van der Waals surface area contributed by atoms with Crippen molar-refractivity contribution in [1.29, 1.82) is 0 Å². The van der Waals surface area contributed by atoms with Gasteiger partial charge in [-0.05, 0) is 45.4 Å². The summed E-state index contributed by atoms with van der Waals surface area (Å²) in [6.07, 6.45) is 0.913. The first-order chi connectivity index (χ1) is 10.2. The Morgan fingerprint density at radius 2 is 1.95 bits per heavy atom. The molecule has 6 heteroatoms. The number of anilines is 1. The number of rotatable bonds is 6. The van der Waals surface area contributed by atoms with E-state index in [1.54, 1.807) is 30.1 Å². The molecular formula is C16H24ClN3O2. The Balaban J connectivity index is 2.86. The molecule has 1 rings (SSSR count). The van der Waals surface area contributed by atoms with Gasteiger partial charge in [-0.15, -0.1) is 0 Å². The molecule has 1 aromatic carbocycles. The molecule has 0 radical (unpaired) electrons. The lowest BCUT2D eigenvalue weighted by molar-refractivity contribution is -0.116. The number of hydrogen-bond acceptors (Lipinski definition) is 3. The summed E-state index contributed by atoms with van der Waals surface area (Å²) < 4.78 is 0. The molecule has 1 aromatic rings. The molecule has 3 N–H and O–H groups in total. The molecule has 0 aliphatic rings. The highest BCUT2D eigenvalue weighted by atomic mass is 35.5. The predicted octanol–water partition coefficient (Wildman–Crippen LogP) is 2.89. The third kappa shape index (κ3) is 5.31. The van der Waals surface area contributed by atoms with Crippen LogP contribution in [0.5, 0.6) is 0 Å². The van der Waals surface area contributed by atoms with E-state index in [0.29, 0.717) is 29.1 Å². The largest absolute Gasteiger partial charge is 0.339 e. The fourth-order valence-corrected chi connectivity index (χ4v) is 1.93. The molecular weight excluding hydrogens is 302 g/mol. The van der Waals surface area contributed by atoms with E-state index >= 15 is 0 Å². The summed E-state index contributed by atoms with van der Waals surface area (Å²) in [4.78, 5) is 25.8. The van der Waals surface area contributed by atoms with Crippen molar-refractivity contribution in [3.8, 4) is 0 Å². The zero-order valence-corrected chi connectivity index (χ0v) is 14.3. The molecule has 0 bridgehead atoms. The minimum atomic E-state index is -0.166. The minimum absolute atomic E-state index is 0.0335. The van der Waals surface area contributed by atoms with E-state index in [4.69, 9.17) is 17.3 Å². The van der Waals surface area contributed by atoms with E-state index in [0.717, 1.165) is 0 Å². The van der Waals surface area contributed by atoms with Crippen molar-refractivity contribution in [2.45, 2.75) is 45.7 Å². The smallest absolute Gasteiger partial charge is 0.253 e. The van der Waals surface area contributed by atoms with Crippen LogP contribution in [0.3, 0.4) is 0 Å². The number of benzene rings is 1. The van der Waals surface area contributed by atoms with Crippen LogP contribution in [0.2, 0.25) is 5.02 Å². The van der Waals surface area contributed by atoms with Gasteiger partial charge in [0.15, 0.2) is 0 Å². The second-order valence-electron chi connectivity index (χ2n) is 5.77. The molecule has 0 heterocycles. The van der Waals surface area contributed by atoms with Gasteiger partial charge in [0, 0.05) is 31.1 Å². The molecule has 0 aromatic heterocycles. The maximum absolute atomic E-state index is 12.3. The molecule has 0 aliphatic heterocycles. The van der Waals surface area contributed by atoms with E-state index in [-0.39, 0.29) is 23.9 Å². The molecule has 22 heavy (non-hydrogen) atoms. The second-order valence-corrected chi connectivity index (χ2v) is 6.18. The zero-order chi connectivity index (χ0) is 16.9. The van der Waals surface area contributed by atoms with Crippen LogP contribution in [0.4, 0.5) is 5.69 Å². The van der Waals surface area contributed by atoms with Crippen molar-refractivity contribution in [3.05, 3.63) is 28.8 Å². The van der Waals surface area contributed by atoms with Gasteiger partial charge in [-0.25, -0.2) is 0 Å². The first kappa shape index (κ1) is 18.5. The number of nitrogens with one attached hydrogen (secondary N) is 1. The predicted molar refractivity (Wildman–Crippen MR) is 90.2 cm³/mol. The molecule has 1 atom stereocenters. The third-order valence-corrected chi connectivity index (χ3v) is 3.74. The average Bonchev–Trinajstić information content (AvgIpc) is 2.45. The molecule has 0 fully saturated rings. The number of halogens is 1. The summed E-state index contributed by atoms with van der Waals surface area (Å²) in [6, 6.07) is 4.93. The highest BCUT2D eigenvalue weighted by molar-refractivity contribution is 6.33. The molecule has 0 aliphatic carbocycles. The van der Waals surface area contributed by atoms with Crippen LogP contribution in [0, 0.1) is 0 Å². The van der Waals surface area contributed by atoms with Crippen LogP contribution in [0.25, 0.3) is 0 Å². The highest BCUT2D eigenvalue weighted by Gasteiger charge is 2.16. The van der Waals surface area contributed by atoms with E-state index in [9.17, 15) is 9.59 Å². The Hall–Kier alpha value is -1.59. The van der Waals surface area contributed by atoms with Gasteiger partial charge >= 0.3 is 0 Å². The summed E-state index contributed by atoms with van der Waals surface area (Å²) in [5.41, 5.74) is 6.57. The Labute approximate surface area is 136 Å². The molecule has 0 saturated carbocycles. The van der Waals surface area contributed by atoms with Crippen LogP contribution < -0.4 is 11.1 Å². The van der Waals surface area contributed by atoms with E-state index in [2.05, 4.69) is 5.32 Å². The number of nitrogens with zero attached hydrogens (tertiary/aromatic N) is 1. The van der Waals surface area contributed by atoms with Gasteiger partial charge in [0.1, 0.15) is 0 Å². The Morgan fingerprint density at radius 3 is 2.50 bits per heavy atom. The van der Waals surface area contributed by atoms with Crippen molar-refractivity contribution in [2.75, 3.05) is 12.4 Å². The third-order valence-electron chi connectivity index (χ3n) is 3.41. The molecule has 2 amide bonds. The monoisotopic (exact) mass is 325 g/mol. The summed E-state index contributed by atoms with van der Waals surface area (Å²) in [5, 5.41) is 3.13. The van der Waals surface area contributed by atoms with Crippen molar-refractivity contribution >= 4 is 29.1 Å². The standard InChI is InChI=1S/C16H24ClN3O2/c1-10(2)20(4)16(22)12-6-7-13(17)14(9-12)19-15(21)8-5-11(3)18/h6-7,9-11H,5,8,18H2,1-4H3,(H,19,21). The van der Waals surface area contributed by atoms with Crippen LogP contribution in [-0.2, 0) is 4.79 Å². The maximum Gasteiger partial charge on any atom is 0.253 e. The lowest BCUT2D eigenvalue weighted by Gasteiger charge is -2.22. The van der Waals surface area contributed by atoms with E-state index in [1.807, 2.05) is 20.8 Å². The van der Waals surface area contributed by atoms with Crippen molar-refractivity contribution in [3.63, 3.8) is 0 Å². The van der Waals surface area contributed by atoms with Gasteiger partial charge in [-0.2, -0.15) is 0 Å². The van der Waals surface area contributed by atoms with Crippen molar-refractivity contribution < 1.29 is 9.59 Å². The quantitative estimate of drug-likeness (QED) is 0.844. The molecule has 5 nitrogen and oxygen atoms in total. The summed E-state index contributed by atoms with van der Waals surface area (Å²) >= 11 is 6.09. The normalized spacial score (nSPS) is 12.1. The fraction of sp³-hybridized carbons (Fsp3) is 0.500. The number of carbonyl (C=O) groups is 2.